The van der Waals surface area contributed by atoms with Crippen LogP contribution in [0.2, 0.25) is 0 Å². The van der Waals surface area contributed by atoms with Gasteiger partial charge in [-0.25, -0.2) is 0 Å². The molecule has 1 saturated heterocycles. The van der Waals surface area contributed by atoms with Crippen molar-refractivity contribution in [2.75, 3.05) is 0 Å². The molecule has 0 radical (unpaired) electrons. The molecule has 1 N–H and O–H groups in total. The predicted molar refractivity (Wildman–Crippen MR) is 135 cm³/mol. The number of aliphatic hydroxyl groups is 1. The van der Waals surface area contributed by atoms with Gasteiger partial charge < -0.3 is 23.7 Å². The number of furan rings is 1. The minimum Gasteiger partial charge on any atom is -0.472 e. The molecule has 11 atom stereocenters. The molecule has 208 valence electrons. The van der Waals surface area contributed by atoms with E-state index in [-0.39, 0.29) is 35.5 Å². The summed E-state index contributed by atoms with van der Waals surface area (Å²) in [6.45, 7) is 13.4. The van der Waals surface area contributed by atoms with Crippen LogP contribution in [0.5, 0.6) is 0 Å². The Labute approximate surface area is 223 Å². The third kappa shape index (κ3) is 2.81. The molecular weight excluding hydrogens is 488 g/mol. The number of hydrogen-bond acceptors (Lipinski definition) is 8. The average Bonchev–Trinajstić information content (AvgIpc) is 3.30. The number of rotatable bonds is 3. The van der Waals surface area contributed by atoms with Crippen LogP contribution in [0.4, 0.5) is 0 Å². The van der Waals surface area contributed by atoms with E-state index in [1.165, 1.54) is 13.8 Å². The van der Waals surface area contributed by atoms with Crippen molar-refractivity contribution in [3.63, 3.8) is 0 Å². The second kappa shape index (κ2) is 7.72. The van der Waals surface area contributed by atoms with Crippen molar-refractivity contribution in [3.05, 3.63) is 24.2 Å². The zero-order valence-corrected chi connectivity index (χ0v) is 23.4. The quantitative estimate of drug-likeness (QED) is 0.459. The Morgan fingerprint density at radius 2 is 1.66 bits per heavy atom. The van der Waals surface area contributed by atoms with E-state index in [1.807, 2.05) is 6.07 Å². The van der Waals surface area contributed by atoms with Crippen LogP contribution in [-0.4, -0.2) is 52.8 Å². The molecule has 2 heterocycles. The Bertz CT molecular complexity index is 1190. The van der Waals surface area contributed by atoms with Crippen LogP contribution < -0.4 is 0 Å². The first kappa shape index (κ1) is 26.1. The van der Waals surface area contributed by atoms with Crippen molar-refractivity contribution in [2.45, 2.75) is 110 Å². The summed E-state index contributed by atoms with van der Waals surface area (Å²) in [6.07, 6.45) is 3.28. The van der Waals surface area contributed by atoms with E-state index in [0.29, 0.717) is 12.8 Å². The van der Waals surface area contributed by atoms with Gasteiger partial charge in [0.15, 0.2) is 5.78 Å². The maximum absolute atomic E-state index is 13.9. The van der Waals surface area contributed by atoms with Crippen LogP contribution in [0.15, 0.2) is 23.0 Å². The van der Waals surface area contributed by atoms with Crippen LogP contribution in [0.25, 0.3) is 0 Å². The topological polar surface area (TPSA) is 116 Å². The lowest BCUT2D eigenvalue weighted by Crippen LogP contribution is -2.74. The van der Waals surface area contributed by atoms with Crippen LogP contribution in [0.1, 0.15) is 85.6 Å². The van der Waals surface area contributed by atoms with E-state index in [2.05, 4.69) is 34.6 Å². The lowest BCUT2D eigenvalue weighted by atomic mass is 9.35. The van der Waals surface area contributed by atoms with Crippen molar-refractivity contribution < 1.29 is 38.1 Å². The van der Waals surface area contributed by atoms with Gasteiger partial charge in [-0.1, -0.05) is 34.6 Å². The standard InChI is InChI=1S/C30H40O8/c1-15(31)36-21-13-20(33)26(3,4)19-12-22(37-16(2)32)29(7)18(28(19,21)6)8-10-27(5)23(17-9-11-35-14-17)24(34)25-30(27,29)38-25/h9,11,14,18-23,25,33H,8,10,12-13H2,1-7H3/t18-,19-,20+,21-,22-,23-,25-,27-,28+,29-,30-/m0/s1. The van der Waals surface area contributed by atoms with Crippen molar-refractivity contribution in [1.82, 2.24) is 0 Å². The Balaban J connectivity index is 1.54. The van der Waals surface area contributed by atoms with Crippen molar-refractivity contribution in [2.24, 2.45) is 33.5 Å². The maximum Gasteiger partial charge on any atom is 0.302 e. The molecule has 0 unspecified atom stereocenters. The van der Waals surface area contributed by atoms with E-state index in [4.69, 9.17) is 18.6 Å². The lowest BCUT2D eigenvalue weighted by Gasteiger charge is -2.70. The molecule has 1 aliphatic heterocycles. The molecule has 1 aromatic heterocycles. The molecule has 6 rings (SSSR count). The smallest absolute Gasteiger partial charge is 0.302 e. The van der Waals surface area contributed by atoms with Gasteiger partial charge in [0.1, 0.15) is 23.9 Å². The van der Waals surface area contributed by atoms with Crippen molar-refractivity contribution >= 4 is 17.7 Å². The minimum absolute atomic E-state index is 0.0561. The van der Waals surface area contributed by atoms with Crippen LogP contribution in [0, 0.1) is 33.5 Å². The summed E-state index contributed by atoms with van der Waals surface area (Å²) in [4.78, 5) is 38.8. The SMILES string of the molecule is CC(=O)O[C@H]1C[C@@H](O)C(C)(C)[C@@H]2C[C@H](OC(C)=O)[C@]3(C)[C@@H](CC[C@@]4(C)[C@@H](c5ccoc5)C(=O)[C@@H]5O[C@]534)[C@@]12C. The normalized spacial score (nSPS) is 50.2. The highest BCUT2D eigenvalue weighted by molar-refractivity contribution is 5.98. The second-order valence-corrected chi connectivity index (χ2v) is 13.8. The number of ketones is 1. The number of Topliss-reactive ketones (excluding diaryl/α,β-unsaturated/α-hetero) is 1. The first-order valence-electron chi connectivity index (χ1n) is 13.9. The van der Waals surface area contributed by atoms with Gasteiger partial charge in [0.2, 0.25) is 0 Å². The Morgan fingerprint density at radius 3 is 2.26 bits per heavy atom. The fourth-order valence-corrected chi connectivity index (χ4v) is 10.5. The van der Waals surface area contributed by atoms with Crippen LogP contribution >= 0.6 is 0 Å². The van der Waals surface area contributed by atoms with Gasteiger partial charge in [0, 0.05) is 42.1 Å². The van der Waals surface area contributed by atoms with Crippen LogP contribution in [0.3, 0.4) is 0 Å². The Kier molecular flexibility index (Phi) is 5.29. The van der Waals surface area contributed by atoms with Gasteiger partial charge in [-0.15, -0.1) is 0 Å². The summed E-state index contributed by atoms with van der Waals surface area (Å²) in [5.74, 6) is -1.23. The molecule has 38 heavy (non-hydrogen) atoms. The number of ether oxygens (including phenoxy) is 3. The summed E-state index contributed by atoms with van der Waals surface area (Å²) in [5.41, 5.74) is -2.23. The zero-order chi connectivity index (χ0) is 27.6. The summed E-state index contributed by atoms with van der Waals surface area (Å²) in [5, 5.41) is 11.3. The highest BCUT2D eigenvalue weighted by atomic mass is 16.6. The Morgan fingerprint density at radius 1 is 1.00 bits per heavy atom. The third-order valence-corrected chi connectivity index (χ3v) is 12.1. The molecule has 4 aliphatic carbocycles. The molecule has 5 fully saturated rings. The number of carbonyl (C=O) groups excluding carboxylic acids is 3. The monoisotopic (exact) mass is 528 g/mol. The number of hydrogen-bond donors (Lipinski definition) is 1. The van der Waals surface area contributed by atoms with Crippen LogP contribution in [-0.2, 0) is 28.6 Å². The van der Waals surface area contributed by atoms with E-state index in [1.54, 1.807) is 12.5 Å². The lowest BCUT2D eigenvalue weighted by molar-refractivity contribution is -0.288. The molecule has 5 aliphatic rings. The molecule has 8 heteroatoms. The molecule has 1 aromatic rings. The third-order valence-electron chi connectivity index (χ3n) is 12.1. The molecule has 0 amide bonds. The molecular formula is C30H40O8. The number of fused-ring (bicyclic) bond motifs is 3. The fourth-order valence-electron chi connectivity index (χ4n) is 10.5. The summed E-state index contributed by atoms with van der Waals surface area (Å²) >= 11 is 0. The van der Waals surface area contributed by atoms with Crippen molar-refractivity contribution in [3.8, 4) is 0 Å². The highest BCUT2D eigenvalue weighted by Crippen LogP contribution is 2.82. The fraction of sp³-hybridized carbons (Fsp3) is 0.767. The Hall–Kier alpha value is -2.19. The highest BCUT2D eigenvalue weighted by Gasteiger charge is 2.90. The first-order valence-corrected chi connectivity index (χ1v) is 13.9. The van der Waals surface area contributed by atoms with Gasteiger partial charge in [-0.05, 0) is 42.6 Å². The van der Waals surface area contributed by atoms with E-state index in [9.17, 15) is 19.5 Å². The second-order valence-electron chi connectivity index (χ2n) is 13.8. The maximum atomic E-state index is 13.9. The van der Waals surface area contributed by atoms with E-state index >= 15 is 0 Å². The summed E-state index contributed by atoms with van der Waals surface area (Å²) in [6, 6.07) is 1.87. The number of carbonyl (C=O) groups is 3. The molecule has 4 saturated carbocycles. The van der Waals surface area contributed by atoms with Crippen molar-refractivity contribution in [1.29, 1.82) is 0 Å². The number of epoxide rings is 1. The van der Waals surface area contributed by atoms with Gasteiger partial charge in [0.25, 0.3) is 0 Å². The largest absolute Gasteiger partial charge is 0.472 e. The molecule has 8 nitrogen and oxygen atoms in total. The minimum atomic E-state index is -0.822. The number of aliphatic hydroxyl groups excluding tert-OH is 1. The molecule has 0 bridgehead atoms. The van der Waals surface area contributed by atoms with Gasteiger partial charge in [-0.2, -0.15) is 0 Å². The average molecular weight is 529 g/mol. The molecule has 0 aromatic carbocycles. The van der Waals surface area contributed by atoms with Gasteiger partial charge in [-0.3, -0.25) is 14.4 Å². The first-order chi connectivity index (χ1) is 17.7. The van der Waals surface area contributed by atoms with Gasteiger partial charge in [0.05, 0.1) is 24.5 Å². The summed E-state index contributed by atoms with van der Waals surface area (Å²) < 4.78 is 24.1. The number of esters is 2. The predicted octanol–water partition coefficient (Wildman–Crippen LogP) is 4.19. The van der Waals surface area contributed by atoms with E-state index in [0.717, 1.165) is 18.4 Å². The van der Waals surface area contributed by atoms with E-state index < -0.39 is 51.7 Å². The van der Waals surface area contributed by atoms with Gasteiger partial charge >= 0.3 is 11.9 Å². The molecule has 1 spiro atoms. The zero-order valence-electron chi connectivity index (χ0n) is 23.4. The summed E-state index contributed by atoms with van der Waals surface area (Å²) in [7, 11) is 0.